The van der Waals surface area contributed by atoms with Gasteiger partial charge in [0.15, 0.2) is 0 Å². The SMILES string of the molecule is C[C@@H]1Cc2c(ccc(NC3CCCCO3)c2C=N)[C@@H](c2c(F)cc(NC3CN(C(=O)OC(C)(C)C)C3)cc2F)N1CC(F)(F)F. The van der Waals surface area contributed by atoms with Gasteiger partial charge in [-0.25, -0.2) is 13.6 Å². The summed E-state index contributed by atoms with van der Waals surface area (Å²) >= 11 is 0. The van der Waals surface area contributed by atoms with Crippen molar-refractivity contribution in [3.63, 3.8) is 0 Å². The number of fused-ring (bicyclic) bond motifs is 1. The molecule has 2 aromatic rings. The zero-order chi connectivity index (χ0) is 32.7. The normalized spacial score (nSPS) is 22.8. The molecule has 3 aliphatic rings. The fourth-order valence-corrected chi connectivity index (χ4v) is 6.32. The number of carbonyl (C=O) groups excluding carboxylic acids is 1. The first kappa shape index (κ1) is 32.9. The molecule has 1 unspecified atom stereocenters. The molecule has 2 fully saturated rings. The van der Waals surface area contributed by atoms with E-state index in [-0.39, 0.29) is 37.5 Å². The van der Waals surface area contributed by atoms with Crippen molar-refractivity contribution in [1.29, 1.82) is 5.41 Å². The highest BCUT2D eigenvalue weighted by Gasteiger charge is 2.43. The number of hydrogen-bond donors (Lipinski definition) is 3. The second-order valence-corrected chi connectivity index (χ2v) is 13.1. The predicted molar refractivity (Wildman–Crippen MR) is 161 cm³/mol. The minimum absolute atomic E-state index is 0.112. The molecule has 2 aromatic carbocycles. The summed E-state index contributed by atoms with van der Waals surface area (Å²) in [5.41, 5.74) is 0.899. The summed E-state index contributed by atoms with van der Waals surface area (Å²) in [4.78, 5) is 14.8. The van der Waals surface area contributed by atoms with Gasteiger partial charge >= 0.3 is 12.3 Å². The quantitative estimate of drug-likeness (QED) is 0.228. The maximum Gasteiger partial charge on any atom is 0.410 e. The summed E-state index contributed by atoms with van der Waals surface area (Å²) in [7, 11) is 0. The van der Waals surface area contributed by atoms with Crippen LogP contribution in [-0.2, 0) is 15.9 Å². The van der Waals surface area contributed by atoms with Crippen molar-refractivity contribution >= 4 is 23.7 Å². The van der Waals surface area contributed by atoms with Crippen LogP contribution in [0.5, 0.6) is 0 Å². The first-order valence-electron chi connectivity index (χ1n) is 15.2. The highest BCUT2D eigenvalue weighted by atomic mass is 19.4. The van der Waals surface area contributed by atoms with Gasteiger partial charge < -0.3 is 30.4 Å². The van der Waals surface area contributed by atoms with Crippen molar-refractivity contribution in [3.8, 4) is 0 Å². The summed E-state index contributed by atoms with van der Waals surface area (Å²) in [6, 6.07) is 2.98. The topological polar surface area (TPSA) is 89.9 Å². The van der Waals surface area contributed by atoms with Crippen molar-refractivity contribution in [3.05, 3.63) is 58.2 Å². The fourth-order valence-electron chi connectivity index (χ4n) is 6.32. The Kier molecular flexibility index (Phi) is 9.33. The number of ether oxygens (including phenoxy) is 2. The van der Waals surface area contributed by atoms with E-state index in [0.29, 0.717) is 29.0 Å². The Bertz CT molecular complexity index is 1390. The van der Waals surface area contributed by atoms with Crippen LogP contribution in [0.1, 0.15) is 75.3 Å². The molecular formula is C32H40F5N5O3. The van der Waals surface area contributed by atoms with E-state index in [1.165, 1.54) is 4.90 Å². The molecule has 0 aromatic heterocycles. The van der Waals surface area contributed by atoms with E-state index in [0.717, 1.165) is 42.5 Å². The molecule has 0 bridgehead atoms. The third-order valence-electron chi connectivity index (χ3n) is 8.34. The Morgan fingerprint density at radius 2 is 1.80 bits per heavy atom. The van der Waals surface area contributed by atoms with Gasteiger partial charge in [0.2, 0.25) is 0 Å². The van der Waals surface area contributed by atoms with Crippen LogP contribution in [0.4, 0.5) is 38.1 Å². The number of amides is 1. The van der Waals surface area contributed by atoms with Gasteiger partial charge in [0, 0.05) is 54.5 Å². The number of halogens is 5. The second-order valence-electron chi connectivity index (χ2n) is 13.1. The summed E-state index contributed by atoms with van der Waals surface area (Å²) in [5, 5.41) is 14.5. The largest absolute Gasteiger partial charge is 0.444 e. The molecule has 0 aliphatic carbocycles. The van der Waals surface area contributed by atoms with Crippen LogP contribution < -0.4 is 10.6 Å². The zero-order valence-corrected chi connectivity index (χ0v) is 25.9. The third-order valence-corrected chi connectivity index (χ3v) is 8.34. The zero-order valence-electron chi connectivity index (χ0n) is 25.9. The number of alkyl halides is 3. The van der Waals surface area contributed by atoms with Crippen LogP contribution in [0, 0.1) is 17.0 Å². The standard InChI is InChI=1S/C32H40F5N5O3/c1-18-11-22-21(8-9-26(23(22)14-38)40-27-7-5-6-10-44-27)29(42(18)17-32(35,36)37)28-24(33)12-19(13-25(28)34)39-20-15-41(16-20)30(43)45-31(2,3)4/h8-9,12-14,18,20,27,29,38-40H,5-7,10-11,15-17H2,1-4H3/t18-,27?,29+/m1/s1. The molecule has 45 heavy (non-hydrogen) atoms. The van der Waals surface area contributed by atoms with Crippen LogP contribution in [-0.4, -0.2) is 78.4 Å². The van der Waals surface area contributed by atoms with Gasteiger partial charge in [-0.2, -0.15) is 13.2 Å². The predicted octanol–water partition coefficient (Wildman–Crippen LogP) is 6.83. The van der Waals surface area contributed by atoms with Gasteiger partial charge in [0.05, 0.1) is 18.6 Å². The van der Waals surface area contributed by atoms with E-state index in [1.807, 2.05) is 0 Å². The Morgan fingerprint density at radius 3 is 2.38 bits per heavy atom. The molecule has 1 amide bonds. The number of anilines is 2. The van der Waals surface area contributed by atoms with E-state index in [4.69, 9.17) is 14.9 Å². The molecule has 0 radical (unpaired) electrons. The lowest BCUT2D eigenvalue weighted by atomic mass is 9.81. The van der Waals surface area contributed by atoms with E-state index in [9.17, 15) is 18.0 Å². The highest BCUT2D eigenvalue weighted by molar-refractivity contribution is 5.89. The van der Waals surface area contributed by atoms with Gasteiger partial charge in [0.25, 0.3) is 0 Å². The average Bonchev–Trinajstić information content (AvgIpc) is 2.90. The van der Waals surface area contributed by atoms with Crippen molar-refractivity contribution < 1.29 is 36.2 Å². The second kappa shape index (κ2) is 12.7. The van der Waals surface area contributed by atoms with Gasteiger partial charge in [-0.1, -0.05) is 6.07 Å². The van der Waals surface area contributed by atoms with E-state index in [1.54, 1.807) is 39.8 Å². The number of nitrogens with one attached hydrogen (secondary N) is 3. The smallest absolute Gasteiger partial charge is 0.410 e. The number of hydrogen-bond acceptors (Lipinski definition) is 7. The number of rotatable bonds is 7. The number of benzene rings is 2. The lowest BCUT2D eigenvalue weighted by Gasteiger charge is -2.43. The van der Waals surface area contributed by atoms with Crippen LogP contribution >= 0.6 is 0 Å². The first-order valence-corrected chi connectivity index (χ1v) is 15.2. The van der Waals surface area contributed by atoms with Crippen LogP contribution in [0.15, 0.2) is 24.3 Å². The molecule has 2 saturated heterocycles. The molecule has 3 heterocycles. The maximum absolute atomic E-state index is 15.9. The molecule has 0 spiro atoms. The van der Waals surface area contributed by atoms with Crippen molar-refractivity contribution in [1.82, 2.24) is 9.80 Å². The van der Waals surface area contributed by atoms with Crippen molar-refractivity contribution in [2.75, 3.05) is 36.9 Å². The third kappa shape index (κ3) is 7.51. The molecule has 0 saturated carbocycles. The van der Waals surface area contributed by atoms with Gasteiger partial charge in [-0.05, 0) is 82.7 Å². The van der Waals surface area contributed by atoms with E-state index in [2.05, 4.69) is 10.6 Å². The van der Waals surface area contributed by atoms with Gasteiger partial charge in [-0.15, -0.1) is 0 Å². The monoisotopic (exact) mass is 637 g/mol. The van der Waals surface area contributed by atoms with Gasteiger partial charge in [-0.3, -0.25) is 4.90 Å². The van der Waals surface area contributed by atoms with Crippen molar-refractivity contribution in [2.24, 2.45) is 0 Å². The van der Waals surface area contributed by atoms with Crippen molar-refractivity contribution in [2.45, 2.75) is 89.5 Å². The fraction of sp³-hybridized carbons (Fsp3) is 0.562. The molecule has 3 aliphatic heterocycles. The Labute approximate surface area is 259 Å². The Morgan fingerprint density at radius 1 is 1.11 bits per heavy atom. The molecule has 13 heteroatoms. The maximum atomic E-state index is 15.9. The number of carbonyl (C=O) groups is 1. The summed E-state index contributed by atoms with van der Waals surface area (Å²) in [6.45, 7) is 6.62. The van der Waals surface area contributed by atoms with Gasteiger partial charge in [0.1, 0.15) is 23.5 Å². The lowest BCUT2D eigenvalue weighted by Crippen LogP contribution is -2.57. The summed E-state index contributed by atoms with van der Waals surface area (Å²) in [6.07, 6.45) is -1.40. The number of likely N-dealkylation sites (tertiary alicyclic amines) is 1. The van der Waals surface area contributed by atoms with E-state index < -0.39 is 53.7 Å². The Balaban J connectivity index is 1.45. The van der Waals surface area contributed by atoms with Crippen LogP contribution in [0.3, 0.4) is 0 Å². The highest BCUT2D eigenvalue weighted by Crippen LogP contribution is 2.44. The molecule has 246 valence electrons. The minimum atomic E-state index is -4.62. The summed E-state index contributed by atoms with van der Waals surface area (Å²) < 4.78 is 84.5. The molecule has 3 N–H and O–H groups in total. The Hall–Kier alpha value is -3.45. The average molecular weight is 638 g/mol. The molecular weight excluding hydrogens is 597 g/mol. The number of nitrogens with zero attached hydrogens (tertiary/aromatic N) is 2. The molecule has 5 rings (SSSR count). The van der Waals surface area contributed by atoms with E-state index >= 15 is 8.78 Å². The summed E-state index contributed by atoms with van der Waals surface area (Å²) in [5.74, 6) is -1.99. The molecule has 3 atom stereocenters. The minimum Gasteiger partial charge on any atom is -0.444 e. The van der Waals surface area contributed by atoms with Crippen LogP contribution in [0.2, 0.25) is 0 Å². The van der Waals surface area contributed by atoms with Crippen LogP contribution in [0.25, 0.3) is 0 Å². The lowest BCUT2D eigenvalue weighted by molar-refractivity contribution is -0.155. The molecule has 8 nitrogen and oxygen atoms in total. The first-order chi connectivity index (χ1) is 21.1.